The van der Waals surface area contributed by atoms with Gasteiger partial charge in [-0.2, -0.15) is 0 Å². The third-order valence-corrected chi connectivity index (χ3v) is 5.30. The van der Waals surface area contributed by atoms with Crippen LogP contribution in [-0.2, 0) is 11.3 Å². The highest BCUT2D eigenvalue weighted by molar-refractivity contribution is 5.92. The van der Waals surface area contributed by atoms with Crippen LogP contribution < -0.4 is 5.73 Å². The molecule has 0 aromatic carbocycles. The van der Waals surface area contributed by atoms with E-state index < -0.39 is 0 Å². The molecule has 8 heteroatoms. The number of likely N-dealkylation sites (tertiary alicyclic amines) is 2. The monoisotopic (exact) mass is 348 g/mol. The summed E-state index contributed by atoms with van der Waals surface area (Å²) in [5, 5.41) is 7.93. The Labute approximate surface area is 148 Å². The lowest BCUT2D eigenvalue weighted by atomic mass is 9.83. The molecule has 3 rings (SSSR count). The molecular weight excluding hydrogens is 320 g/mol. The molecule has 1 aromatic heterocycles. The summed E-state index contributed by atoms with van der Waals surface area (Å²) in [5.41, 5.74) is 5.88. The lowest BCUT2D eigenvalue weighted by Gasteiger charge is -2.47. The molecule has 8 nitrogen and oxygen atoms in total. The molecule has 3 heterocycles. The predicted molar refractivity (Wildman–Crippen MR) is 92.7 cm³/mol. The van der Waals surface area contributed by atoms with Crippen LogP contribution in [0.25, 0.3) is 0 Å². The van der Waals surface area contributed by atoms with E-state index in [1.165, 1.54) is 0 Å². The number of nitrogens with zero attached hydrogens (tertiary/aromatic N) is 5. The third kappa shape index (κ3) is 3.84. The zero-order valence-corrected chi connectivity index (χ0v) is 14.9. The number of hydrogen-bond donors (Lipinski definition) is 1. The first kappa shape index (κ1) is 17.8. The fourth-order valence-electron chi connectivity index (χ4n) is 3.95. The molecule has 0 bridgehead atoms. The number of carbonyl (C=O) groups is 2. The quantitative estimate of drug-likeness (QED) is 0.807. The van der Waals surface area contributed by atoms with Crippen molar-refractivity contribution in [2.45, 2.75) is 51.6 Å². The van der Waals surface area contributed by atoms with E-state index in [9.17, 15) is 9.59 Å². The normalized spacial score (nSPS) is 23.7. The molecule has 2 aliphatic rings. The maximum Gasteiger partial charge on any atom is 0.276 e. The molecular formula is C17H28N6O2. The molecule has 0 saturated carbocycles. The van der Waals surface area contributed by atoms with E-state index >= 15 is 0 Å². The number of rotatable bonds is 6. The van der Waals surface area contributed by atoms with Crippen molar-refractivity contribution in [1.29, 1.82) is 0 Å². The molecule has 138 valence electrons. The van der Waals surface area contributed by atoms with E-state index in [1.54, 1.807) is 10.9 Å². The Kier molecular flexibility index (Phi) is 5.67. The third-order valence-electron chi connectivity index (χ3n) is 5.30. The van der Waals surface area contributed by atoms with Gasteiger partial charge in [-0.1, -0.05) is 18.6 Å². The molecule has 2 atom stereocenters. The van der Waals surface area contributed by atoms with Crippen LogP contribution in [0.5, 0.6) is 0 Å². The Hall–Kier alpha value is -1.96. The van der Waals surface area contributed by atoms with Gasteiger partial charge in [-0.3, -0.25) is 14.3 Å². The second-order valence-electron chi connectivity index (χ2n) is 7.00. The van der Waals surface area contributed by atoms with Gasteiger partial charge < -0.3 is 15.5 Å². The summed E-state index contributed by atoms with van der Waals surface area (Å²) < 4.78 is 1.60. The van der Waals surface area contributed by atoms with Gasteiger partial charge in [-0.25, -0.2) is 0 Å². The minimum atomic E-state index is -0.0706. The Bertz CT molecular complexity index is 616. The molecule has 2 amide bonds. The molecule has 1 aromatic rings. The maximum atomic E-state index is 12.7. The average molecular weight is 348 g/mol. The average Bonchev–Trinajstić information content (AvgIpc) is 3.09. The van der Waals surface area contributed by atoms with Crippen LogP contribution in [0.15, 0.2) is 6.20 Å². The Morgan fingerprint density at radius 2 is 2.20 bits per heavy atom. The van der Waals surface area contributed by atoms with Crippen molar-refractivity contribution in [2.24, 2.45) is 11.7 Å². The summed E-state index contributed by atoms with van der Waals surface area (Å²) in [6, 6.07) is 0.282. The summed E-state index contributed by atoms with van der Waals surface area (Å²) in [6.07, 6.45) is 6.11. The van der Waals surface area contributed by atoms with Gasteiger partial charge in [-0.15, -0.1) is 5.10 Å². The van der Waals surface area contributed by atoms with E-state index in [4.69, 9.17) is 5.73 Å². The van der Waals surface area contributed by atoms with Gasteiger partial charge in [0.2, 0.25) is 5.91 Å². The molecule has 2 fully saturated rings. The Morgan fingerprint density at radius 1 is 1.36 bits per heavy atom. The maximum absolute atomic E-state index is 12.7. The number of amides is 2. The minimum Gasteiger partial charge on any atom is -0.339 e. The molecule has 2 saturated heterocycles. The SMILES string of the molecule is CCCCN1C(=O)CC[C@H]2CN(C(=O)c3cn(CCN)nn3)CC[C@H]21. The van der Waals surface area contributed by atoms with Gasteiger partial charge in [0.05, 0.1) is 12.7 Å². The topological polar surface area (TPSA) is 97.4 Å². The van der Waals surface area contributed by atoms with Gasteiger partial charge >= 0.3 is 0 Å². The number of aromatic nitrogens is 3. The van der Waals surface area contributed by atoms with Crippen molar-refractivity contribution in [2.75, 3.05) is 26.2 Å². The van der Waals surface area contributed by atoms with Crippen molar-refractivity contribution >= 4 is 11.8 Å². The molecule has 0 spiro atoms. The van der Waals surface area contributed by atoms with Crippen molar-refractivity contribution in [3.8, 4) is 0 Å². The van der Waals surface area contributed by atoms with Crippen molar-refractivity contribution in [1.82, 2.24) is 24.8 Å². The van der Waals surface area contributed by atoms with E-state index in [-0.39, 0.29) is 17.9 Å². The van der Waals surface area contributed by atoms with Crippen LogP contribution in [0.2, 0.25) is 0 Å². The van der Waals surface area contributed by atoms with Crippen LogP contribution in [0.1, 0.15) is 49.5 Å². The fourth-order valence-corrected chi connectivity index (χ4v) is 3.95. The van der Waals surface area contributed by atoms with Crippen LogP contribution in [0.4, 0.5) is 0 Å². The van der Waals surface area contributed by atoms with Crippen LogP contribution >= 0.6 is 0 Å². The molecule has 0 unspecified atom stereocenters. The van der Waals surface area contributed by atoms with Crippen LogP contribution in [0.3, 0.4) is 0 Å². The van der Waals surface area contributed by atoms with E-state index in [2.05, 4.69) is 22.1 Å². The van der Waals surface area contributed by atoms with Gasteiger partial charge in [0.1, 0.15) is 0 Å². The van der Waals surface area contributed by atoms with Gasteiger partial charge in [-0.05, 0) is 25.2 Å². The number of piperidine rings is 2. The molecule has 0 radical (unpaired) electrons. The van der Waals surface area contributed by atoms with Crippen molar-refractivity contribution in [3.63, 3.8) is 0 Å². The molecule has 0 aliphatic carbocycles. The predicted octanol–water partition coefficient (Wildman–Crippen LogP) is 0.490. The zero-order chi connectivity index (χ0) is 17.8. The Balaban J connectivity index is 1.64. The number of carbonyl (C=O) groups excluding carboxylic acids is 2. The highest BCUT2D eigenvalue weighted by Crippen LogP contribution is 2.32. The van der Waals surface area contributed by atoms with E-state index in [1.807, 2.05) is 4.90 Å². The van der Waals surface area contributed by atoms with Crippen molar-refractivity contribution < 1.29 is 9.59 Å². The zero-order valence-electron chi connectivity index (χ0n) is 14.9. The van der Waals surface area contributed by atoms with Crippen LogP contribution in [-0.4, -0.2) is 68.8 Å². The fraction of sp³-hybridized carbons (Fsp3) is 0.765. The number of hydrogen-bond acceptors (Lipinski definition) is 5. The number of fused-ring (bicyclic) bond motifs is 1. The first-order valence-electron chi connectivity index (χ1n) is 9.33. The second-order valence-corrected chi connectivity index (χ2v) is 7.00. The minimum absolute atomic E-state index is 0.0706. The number of nitrogens with two attached hydrogens (primary N) is 1. The highest BCUT2D eigenvalue weighted by atomic mass is 16.2. The second kappa shape index (κ2) is 7.95. The summed E-state index contributed by atoms with van der Waals surface area (Å²) in [6.45, 7) is 5.37. The molecule has 25 heavy (non-hydrogen) atoms. The van der Waals surface area contributed by atoms with Gasteiger partial charge in [0.25, 0.3) is 5.91 Å². The largest absolute Gasteiger partial charge is 0.339 e. The highest BCUT2D eigenvalue weighted by Gasteiger charge is 2.40. The first-order chi connectivity index (χ1) is 12.1. The first-order valence-corrected chi connectivity index (χ1v) is 9.33. The number of unbranched alkanes of at least 4 members (excludes halogenated alkanes) is 1. The lowest BCUT2D eigenvalue weighted by Crippen LogP contribution is -2.57. The molecule has 2 N–H and O–H groups in total. The summed E-state index contributed by atoms with van der Waals surface area (Å²) in [4.78, 5) is 28.9. The summed E-state index contributed by atoms with van der Waals surface area (Å²) in [7, 11) is 0. The lowest BCUT2D eigenvalue weighted by molar-refractivity contribution is -0.140. The summed E-state index contributed by atoms with van der Waals surface area (Å²) >= 11 is 0. The van der Waals surface area contributed by atoms with Gasteiger partial charge in [0, 0.05) is 38.6 Å². The standard InChI is InChI=1S/C17H28N6O2/c1-2-3-8-23-15-6-9-21(11-13(15)4-5-16(23)24)17(25)14-12-22(10-7-18)20-19-14/h12-13,15H,2-11,18H2,1H3/t13-,15+/m0/s1. The Morgan fingerprint density at radius 3 is 2.96 bits per heavy atom. The van der Waals surface area contributed by atoms with Gasteiger partial charge in [0.15, 0.2) is 5.69 Å². The summed E-state index contributed by atoms with van der Waals surface area (Å²) in [5.74, 6) is 0.573. The van der Waals surface area contributed by atoms with E-state index in [0.29, 0.717) is 44.2 Å². The molecule has 2 aliphatic heterocycles. The van der Waals surface area contributed by atoms with E-state index in [0.717, 1.165) is 32.2 Å². The smallest absolute Gasteiger partial charge is 0.276 e. The van der Waals surface area contributed by atoms with Crippen LogP contribution in [0, 0.1) is 5.92 Å². The van der Waals surface area contributed by atoms with Crippen molar-refractivity contribution in [3.05, 3.63) is 11.9 Å².